The van der Waals surface area contributed by atoms with Crippen LogP contribution in [-0.2, 0) is 0 Å². The number of fused-ring (bicyclic) bond motifs is 1. The van der Waals surface area contributed by atoms with E-state index in [4.69, 9.17) is 11.6 Å². The molecule has 0 aliphatic carbocycles. The molecule has 2 aromatic carbocycles. The average Bonchev–Trinajstić information content (AvgIpc) is 2.93. The highest BCUT2D eigenvalue weighted by molar-refractivity contribution is 6.33. The maximum absolute atomic E-state index is 14.0. The lowest BCUT2D eigenvalue weighted by atomic mass is 10.0. The molecule has 1 fully saturated rings. The number of carbonyl (C=O) groups is 3. The molecule has 4 rings (SSSR count). The predicted molar refractivity (Wildman–Crippen MR) is 97.3 cm³/mol. The van der Waals surface area contributed by atoms with Gasteiger partial charge in [0.1, 0.15) is 5.82 Å². The summed E-state index contributed by atoms with van der Waals surface area (Å²) in [6.45, 7) is 0.642. The molecule has 3 amide bonds. The maximum Gasteiger partial charge on any atom is 0.261 e. The first-order chi connectivity index (χ1) is 13.0. The normalized spacial score (nSPS) is 17.4. The fraction of sp³-hybridized carbons (Fsp3) is 0.250. The van der Waals surface area contributed by atoms with Gasteiger partial charge in [-0.3, -0.25) is 19.3 Å². The summed E-state index contributed by atoms with van der Waals surface area (Å²) in [6, 6.07) is 10.6. The molecule has 0 saturated carbocycles. The Morgan fingerprint density at radius 2 is 1.56 bits per heavy atom. The molecule has 2 aliphatic heterocycles. The van der Waals surface area contributed by atoms with Crippen molar-refractivity contribution in [2.45, 2.75) is 18.9 Å². The van der Waals surface area contributed by atoms with Crippen molar-refractivity contribution >= 4 is 29.3 Å². The molecular weight excluding hydrogens is 371 g/mol. The van der Waals surface area contributed by atoms with E-state index < -0.39 is 11.7 Å². The van der Waals surface area contributed by atoms with Crippen molar-refractivity contribution < 1.29 is 18.8 Å². The van der Waals surface area contributed by atoms with E-state index in [1.807, 2.05) is 0 Å². The summed E-state index contributed by atoms with van der Waals surface area (Å²) in [4.78, 5) is 40.6. The number of amides is 3. The molecule has 0 bridgehead atoms. The van der Waals surface area contributed by atoms with Crippen molar-refractivity contribution in [3.05, 3.63) is 70.0 Å². The molecule has 138 valence electrons. The van der Waals surface area contributed by atoms with Gasteiger partial charge in [-0.15, -0.1) is 0 Å². The van der Waals surface area contributed by atoms with E-state index >= 15 is 0 Å². The molecule has 2 aromatic rings. The minimum Gasteiger partial charge on any atom is -0.338 e. The number of imide groups is 1. The highest BCUT2D eigenvalue weighted by atomic mass is 35.5. The second-order valence-corrected chi connectivity index (χ2v) is 7.05. The topological polar surface area (TPSA) is 57.7 Å². The van der Waals surface area contributed by atoms with Crippen LogP contribution in [0.5, 0.6) is 0 Å². The lowest BCUT2D eigenvalue weighted by Crippen LogP contribution is -2.48. The predicted octanol–water partition coefficient (Wildman–Crippen LogP) is 3.38. The van der Waals surface area contributed by atoms with Crippen LogP contribution < -0.4 is 0 Å². The molecule has 0 N–H and O–H groups in total. The van der Waals surface area contributed by atoms with Crippen LogP contribution in [0.3, 0.4) is 0 Å². The summed E-state index contributed by atoms with van der Waals surface area (Å²) in [7, 11) is 0. The molecule has 27 heavy (non-hydrogen) atoms. The summed E-state index contributed by atoms with van der Waals surface area (Å²) < 4.78 is 14.0. The first-order valence-corrected chi connectivity index (χ1v) is 9.07. The summed E-state index contributed by atoms with van der Waals surface area (Å²) in [5.74, 6) is -1.72. The third-order valence-electron chi connectivity index (χ3n) is 5.12. The van der Waals surface area contributed by atoms with Gasteiger partial charge >= 0.3 is 0 Å². The van der Waals surface area contributed by atoms with Gasteiger partial charge in [0.2, 0.25) is 0 Å². The highest BCUT2D eigenvalue weighted by Gasteiger charge is 2.41. The Hall–Kier alpha value is -2.73. The van der Waals surface area contributed by atoms with Crippen molar-refractivity contribution in [2.75, 3.05) is 13.1 Å². The van der Waals surface area contributed by atoms with Crippen LogP contribution in [0.1, 0.15) is 43.9 Å². The van der Waals surface area contributed by atoms with Gasteiger partial charge in [0, 0.05) is 19.1 Å². The van der Waals surface area contributed by atoms with Crippen LogP contribution in [0.25, 0.3) is 0 Å². The van der Waals surface area contributed by atoms with Crippen molar-refractivity contribution in [1.29, 1.82) is 0 Å². The van der Waals surface area contributed by atoms with Crippen LogP contribution in [0.2, 0.25) is 5.02 Å². The SMILES string of the molecule is O=C(c1c(F)cccc1Cl)N1CCC(N2C(=O)c3ccccc3C2=O)CC1. The first-order valence-electron chi connectivity index (χ1n) is 8.69. The van der Waals surface area contributed by atoms with Crippen LogP contribution in [0.15, 0.2) is 42.5 Å². The van der Waals surface area contributed by atoms with E-state index in [9.17, 15) is 18.8 Å². The van der Waals surface area contributed by atoms with Gasteiger partial charge < -0.3 is 4.90 Å². The maximum atomic E-state index is 14.0. The van der Waals surface area contributed by atoms with Crippen LogP contribution in [-0.4, -0.2) is 46.7 Å². The Bertz CT molecular complexity index is 899. The molecule has 0 unspecified atom stereocenters. The van der Waals surface area contributed by atoms with E-state index in [1.54, 1.807) is 24.3 Å². The molecule has 7 heteroatoms. The van der Waals surface area contributed by atoms with Crippen molar-refractivity contribution in [3.63, 3.8) is 0 Å². The second-order valence-electron chi connectivity index (χ2n) is 6.65. The van der Waals surface area contributed by atoms with Crippen LogP contribution in [0.4, 0.5) is 4.39 Å². The molecule has 2 aliphatic rings. The summed E-state index contributed by atoms with van der Waals surface area (Å²) in [6.07, 6.45) is 0.895. The molecule has 0 aromatic heterocycles. The minimum atomic E-state index is -0.657. The summed E-state index contributed by atoms with van der Waals surface area (Å²) >= 11 is 5.98. The summed E-state index contributed by atoms with van der Waals surface area (Å²) in [5.41, 5.74) is 0.691. The van der Waals surface area contributed by atoms with E-state index in [1.165, 1.54) is 28.0 Å². The van der Waals surface area contributed by atoms with Crippen LogP contribution in [0, 0.1) is 5.82 Å². The zero-order valence-electron chi connectivity index (χ0n) is 14.3. The Morgan fingerprint density at radius 3 is 2.11 bits per heavy atom. The molecule has 0 atom stereocenters. The number of hydrogen-bond donors (Lipinski definition) is 0. The zero-order valence-corrected chi connectivity index (χ0v) is 15.1. The minimum absolute atomic E-state index is 0.0717. The molecular formula is C20H16ClFN2O3. The number of halogens is 2. The number of carbonyl (C=O) groups excluding carboxylic acids is 3. The van der Waals surface area contributed by atoms with Crippen molar-refractivity contribution in [2.24, 2.45) is 0 Å². The Kier molecular flexibility index (Phi) is 4.44. The largest absolute Gasteiger partial charge is 0.338 e. The average molecular weight is 387 g/mol. The number of benzene rings is 2. The Labute approximate surface area is 160 Å². The van der Waals surface area contributed by atoms with Crippen LogP contribution >= 0.6 is 11.6 Å². The number of nitrogens with zero attached hydrogens (tertiary/aromatic N) is 2. The molecule has 2 heterocycles. The van der Waals surface area contributed by atoms with Crippen molar-refractivity contribution in [3.8, 4) is 0 Å². The lowest BCUT2D eigenvalue weighted by Gasteiger charge is -2.35. The quantitative estimate of drug-likeness (QED) is 0.743. The zero-order chi connectivity index (χ0) is 19.1. The van der Waals surface area contributed by atoms with Gasteiger partial charge in [-0.25, -0.2) is 4.39 Å². The number of hydrogen-bond acceptors (Lipinski definition) is 3. The monoisotopic (exact) mass is 386 g/mol. The fourth-order valence-electron chi connectivity index (χ4n) is 3.73. The standard InChI is InChI=1S/C20H16ClFN2O3/c21-15-6-3-7-16(22)17(15)20(27)23-10-8-12(9-11-23)24-18(25)13-4-1-2-5-14(13)19(24)26/h1-7,12H,8-11H2. The van der Waals surface area contributed by atoms with E-state index in [-0.39, 0.29) is 28.4 Å². The van der Waals surface area contributed by atoms with E-state index in [0.29, 0.717) is 37.1 Å². The smallest absolute Gasteiger partial charge is 0.261 e. The third-order valence-corrected chi connectivity index (χ3v) is 5.43. The van der Waals surface area contributed by atoms with Gasteiger partial charge in [0.25, 0.3) is 17.7 Å². The van der Waals surface area contributed by atoms with Gasteiger partial charge in [-0.05, 0) is 37.1 Å². The first kappa shape index (κ1) is 17.7. The lowest BCUT2D eigenvalue weighted by molar-refractivity contribution is 0.0478. The van der Waals surface area contributed by atoms with Gasteiger partial charge in [-0.1, -0.05) is 29.8 Å². The molecule has 0 spiro atoms. The van der Waals surface area contributed by atoms with Gasteiger partial charge in [-0.2, -0.15) is 0 Å². The number of piperidine rings is 1. The third kappa shape index (κ3) is 2.90. The summed E-state index contributed by atoms with van der Waals surface area (Å²) in [5, 5.41) is 0.0717. The van der Waals surface area contributed by atoms with Gasteiger partial charge in [0.15, 0.2) is 0 Å². The van der Waals surface area contributed by atoms with Gasteiger partial charge in [0.05, 0.1) is 21.7 Å². The molecule has 5 nitrogen and oxygen atoms in total. The number of likely N-dealkylation sites (tertiary alicyclic amines) is 1. The second kappa shape index (κ2) is 6.78. The van der Waals surface area contributed by atoms with E-state index in [0.717, 1.165) is 0 Å². The number of rotatable bonds is 2. The molecule has 1 saturated heterocycles. The Balaban J connectivity index is 1.48. The van der Waals surface area contributed by atoms with Crippen molar-refractivity contribution in [1.82, 2.24) is 9.80 Å². The van der Waals surface area contributed by atoms with E-state index in [2.05, 4.69) is 0 Å². The highest BCUT2D eigenvalue weighted by Crippen LogP contribution is 2.29. The Morgan fingerprint density at radius 1 is 0.963 bits per heavy atom. The fourth-order valence-corrected chi connectivity index (χ4v) is 3.97. The molecule has 0 radical (unpaired) electrons.